The van der Waals surface area contributed by atoms with Crippen LogP contribution in [0.1, 0.15) is 34.1 Å². The summed E-state index contributed by atoms with van der Waals surface area (Å²) in [5, 5.41) is 0. The van der Waals surface area contributed by atoms with Gasteiger partial charge in [0.15, 0.2) is 5.41 Å². The third-order valence-corrected chi connectivity index (χ3v) is 2.43. The zero-order valence-corrected chi connectivity index (χ0v) is 10.5. The van der Waals surface area contributed by atoms with Gasteiger partial charge in [-0.3, -0.25) is 9.59 Å². The van der Waals surface area contributed by atoms with Crippen LogP contribution in [-0.4, -0.2) is 25.2 Å². The van der Waals surface area contributed by atoms with E-state index in [0.717, 1.165) is 0 Å². The second-order valence-corrected chi connectivity index (χ2v) is 3.40. The molecule has 0 saturated heterocycles. The molecule has 0 unspecified atom stereocenters. The van der Waals surface area contributed by atoms with Crippen LogP contribution in [0.3, 0.4) is 0 Å². The van der Waals surface area contributed by atoms with Crippen molar-refractivity contribution < 1.29 is 19.1 Å². The van der Waals surface area contributed by atoms with Gasteiger partial charge in [0.05, 0.1) is 13.2 Å². The number of hydrogen-bond donors (Lipinski definition) is 0. The van der Waals surface area contributed by atoms with Crippen LogP contribution in [-0.2, 0) is 19.1 Å². The van der Waals surface area contributed by atoms with Crippen molar-refractivity contribution in [1.29, 1.82) is 0 Å². The lowest BCUT2D eigenvalue weighted by Gasteiger charge is -2.23. The van der Waals surface area contributed by atoms with Crippen LogP contribution in [0.15, 0.2) is 25.3 Å². The van der Waals surface area contributed by atoms with E-state index in [9.17, 15) is 9.59 Å². The zero-order chi connectivity index (χ0) is 13.3. The minimum Gasteiger partial charge on any atom is -0.465 e. The molecule has 4 heteroatoms. The summed E-state index contributed by atoms with van der Waals surface area (Å²) in [5.41, 5.74) is -1.12. The Bertz CT molecular complexity index is 266. The van der Waals surface area contributed by atoms with Crippen molar-refractivity contribution in [2.75, 3.05) is 13.2 Å². The maximum atomic E-state index is 11.7. The minimum atomic E-state index is -1.12. The fourth-order valence-corrected chi connectivity index (χ4v) is 1.61. The molecule has 104 valence electrons. The molecule has 0 spiro atoms. The molecule has 0 amide bonds. The van der Waals surface area contributed by atoms with Crippen molar-refractivity contribution in [3.05, 3.63) is 25.3 Å². The van der Waals surface area contributed by atoms with Gasteiger partial charge in [-0.2, -0.15) is 0 Å². The molecule has 0 saturated carbocycles. The van der Waals surface area contributed by atoms with E-state index in [1.165, 1.54) is 0 Å². The van der Waals surface area contributed by atoms with Gasteiger partial charge in [0, 0.05) is 0 Å². The lowest BCUT2D eigenvalue weighted by molar-refractivity contribution is -0.171. The van der Waals surface area contributed by atoms with Crippen LogP contribution in [0.5, 0.6) is 0 Å². The number of carbonyl (C=O) groups excluding carboxylic acids is 2. The van der Waals surface area contributed by atoms with Crippen LogP contribution in [0.4, 0.5) is 0 Å². The van der Waals surface area contributed by atoms with Gasteiger partial charge in [-0.05, 0) is 26.7 Å². The fraction of sp³-hybridized carbons (Fsp3) is 0.571. The van der Waals surface area contributed by atoms with E-state index in [1.807, 2.05) is 12.2 Å². The molecule has 18 heavy (non-hydrogen) atoms. The van der Waals surface area contributed by atoms with E-state index >= 15 is 0 Å². The van der Waals surface area contributed by atoms with E-state index in [4.69, 9.17) is 9.47 Å². The summed E-state index contributed by atoms with van der Waals surface area (Å²) in [5.74, 6) is -0.957. The number of allylic oxidation sites excluding steroid dienone is 2. The van der Waals surface area contributed by atoms with Crippen molar-refractivity contribution >= 4 is 11.9 Å². The highest BCUT2D eigenvalue weighted by atomic mass is 16.6. The molecule has 0 heterocycles. The number of esters is 2. The Kier molecular flexibility index (Phi) is 9.86. The van der Waals surface area contributed by atoms with Gasteiger partial charge in [-0.1, -0.05) is 19.6 Å². The molecule has 0 atom stereocenters. The quantitative estimate of drug-likeness (QED) is 0.441. The first-order chi connectivity index (χ1) is 8.17. The Labute approximate surface area is 110 Å². The van der Waals surface area contributed by atoms with Crippen LogP contribution in [0.2, 0.25) is 0 Å². The fourth-order valence-electron chi connectivity index (χ4n) is 1.61. The number of rotatable bonds is 4. The highest BCUT2D eigenvalue weighted by molar-refractivity contribution is 6.01. The second kappa shape index (κ2) is 9.45. The number of hydrogen-bond acceptors (Lipinski definition) is 4. The first-order valence-corrected chi connectivity index (χ1v) is 5.66. The smallest absolute Gasteiger partial charge is 0.324 e. The van der Waals surface area contributed by atoms with E-state index < -0.39 is 17.4 Å². The Morgan fingerprint density at radius 1 is 1.06 bits per heavy atom. The summed E-state index contributed by atoms with van der Waals surface area (Å²) in [6.45, 7) is 10.00. The molecule has 0 aromatic heterocycles. The molecule has 0 fully saturated rings. The molecule has 1 aliphatic carbocycles. The monoisotopic (exact) mass is 256 g/mol. The van der Waals surface area contributed by atoms with E-state index in [0.29, 0.717) is 12.8 Å². The molecule has 0 aromatic rings. The van der Waals surface area contributed by atoms with Crippen molar-refractivity contribution in [2.24, 2.45) is 5.41 Å². The zero-order valence-electron chi connectivity index (χ0n) is 10.5. The summed E-state index contributed by atoms with van der Waals surface area (Å²) >= 11 is 0. The van der Waals surface area contributed by atoms with Gasteiger partial charge in [0.1, 0.15) is 0 Å². The molecule has 0 bridgehead atoms. The molecule has 0 aliphatic heterocycles. The average Bonchev–Trinajstić information content (AvgIpc) is 2.83. The Morgan fingerprint density at radius 2 is 1.39 bits per heavy atom. The maximum absolute atomic E-state index is 11.7. The van der Waals surface area contributed by atoms with Gasteiger partial charge in [-0.25, -0.2) is 0 Å². The van der Waals surface area contributed by atoms with Gasteiger partial charge in [-0.15, -0.1) is 13.2 Å². The van der Waals surface area contributed by atoms with Crippen LogP contribution in [0.25, 0.3) is 0 Å². The molecule has 1 rings (SSSR count). The number of carbonyl (C=O) groups is 2. The highest BCUT2D eigenvalue weighted by Crippen LogP contribution is 2.36. The molecule has 0 N–H and O–H groups in total. The third-order valence-electron chi connectivity index (χ3n) is 2.43. The summed E-state index contributed by atoms with van der Waals surface area (Å²) < 4.78 is 9.83. The predicted molar refractivity (Wildman–Crippen MR) is 72.1 cm³/mol. The summed E-state index contributed by atoms with van der Waals surface area (Å²) in [6, 6.07) is 0. The normalized spacial score (nSPS) is 14.8. The maximum Gasteiger partial charge on any atom is 0.324 e. The molecular formula is C14H24O4. The van der Waals surface area contributed by atoms with Crippen LogP contribution >= 0.6 is 0 Å². The van der Waals surface area contributed by atoms with Gasteiger partial charge in [0.25, 0.3) is 0 Å². The van der Waals surface area contributed by atoms with E-state index in [1.54, 1.807) is 13.8 Å². The van der Waals surface area contributed by atoms with Crippen molar-refractivity contribution in [2.45, 2.75) is 34.1 Å². The van der Waals surface area contributed by atoms with E-state index in [2.05, 4.69) is 13.2 Å². The summed E-state index contributed by atoms with van der Waals surface area (Å²) in [4.78, 5) is 23.4. The predicted octanol–water partition coefficient (Wildman–Crippen LogP) is 2.89. The van der Waals surface area contributed by atoms with Crippen molar-refractivity contribution in [3.8, 4) is 0 Å². The van der Waals surface area contributed by atoms with Gasteiger partial charge in [0.2, 0.25) is 0 Å². The minimum absolute atomic E-state index is 0. The first kappa shape index (κ1) is 18.8. The third kappa shape index (κ3) is 4.02. The van der Waals surface area contributed by atoms with Gasteiger partial charge < -0.3 is 9.47 Å². The van der Waals surface area contributed by atoms with Crippen molar-refractivity contribution in [1.82, 2.24) is 0 Å². The topological polar surface area (TPSA) is 52.6 Å². The standard InChI is InChI=1S/C11H16O4.C2H4.CH4/c1-3-14-9(12)11(7-5-6-8-11)10(13)15-4-2;1-2;/h5-6H,3-4,7-8H2,1-2H3;1-2H2;1H4. The Hall–Kier alpha value is -1.58. The Balaban J connectivity index is 0. The second-order valence-electron chi connectivity index (χ2n) is 3.40. The molecular weight excluding hydrogens is 232 g/mol. The highest BCUT2D eigenvalue weighted by Gasteiger charge is 2.48. The summed E-state index contributed by atoms with van der Waals surface area (Å²) in [6.07, 6.45) is 4.39. The SMILES string of the molecule is C.C=C.CCOC(=O)C1(C(=O)OCC)CC=CC1. The largest absolute Gasteiger partial charge is 0.465 e. The lowest BCUT2D eigenvalue weighted by Crippen LogP contribution is -2.40. The Morgan fingerprint density at radius 3 is 1.67 bits per heavy atom. The van der Waals surface area contributed by atoms with Gasteiger partial charge >= 0.3 is 11.9 Å². The van der Waals surface area contributed by atoms with Crippen LogP contribution in [0, 0.1) is 5.41 Å². The molecule has 4 nitrogen and oxygen atoms in total. The molecule has 0 aromatic carbocycles. The summed E-state index contributed by atoms with van der Waals surface area (Å²) in [7, 11) is 0. The molecule has 0 radical (unpaired) electrons. The average molecular weight is 256 g/mol. The number of ether oxygens (including phenoxy) is 2. The molecule has 1 aliphatic rings. The van der Waals surface area contributed by atoms with E-state index in [-0.39, 0.29) is 20.6 Å². The first-order valence-electron chi connectivity index (χ1n) is 5.66. The van der Waals surface area contributed by atoms with Crippen LogP contribution < -0.4 is 0 Å². The van der Waals surface area contributed by atoms with Crippen molar-refractivity contribution in [3.63, 3.8) is 0 Å². The lowest BCUT2D eigenvalue weighted by atomic mass is 9.85.